The quantitative estimate of drug-likeness (QED) is 0.547. The van der Waals surface area contributed by atoms with Crippen molar-refractivity contribution in [3.8, 4) is 0 Å². The Morgan fingerprint density at radius 2 is 2.50 bits per heavy atom. The fraction of sp³-hybridized carbons (Fsp3) is 0.375. The first-order chi connectivity index (χ1) is 6.65. The number of nitrogens with zero attached hydrogens (tertiary/aromatic N) is 2. The van der Waals surface area contributed by atoms with Gasteiger partial charge in [0, 0.05) is 18.8 Å². The average Bonchev–Trinajstić information content (AvgIpc) is 2.18. The average molecular weight is 196 g/mol. The Labute approximate surface area is 81.3 Å². The molecule has 6 nitrogen and oxygen atoms in total. The Balaban J connectivity index is 2.90. The van der Waals surface area contributed by atoms with Gasteiger partial charge in [0.15, 0.2) is 0 Å². The van der Waals surface area contributed by atoms with Gasteiger partial charge in [-0.25, -0.2) is 0 Å². The summed E-state index contributed by atoms with van der Waals surface area (Å²) in [4.78, 5) is 13.8. The van der Waals surface area contributed by atoms with Crippen molar-refractivity contribution in [3.05, 3.63) is 28.6 Å². The molecule has 0 saturated heterocycles. The van der Waals surface area contributed by atoms with Crippen LogP contribution >= 0.6 is 0 Å². The third kappa shape index (κ3) is 2.40. The highest BCUT2D eigenvalue weighted by atomic mass is 16.6. The third-order valence-corrected chi connectivity index (χ3v) is 1.75. The zero-order valence-electron chi connectivity index (χ0n) is 7.80. The molecule has 1 atom stereocenters. The molecule has 0 aliphatic rings. The largest absolute Gasteiger partial charge is 0.376 e. The zero-order valence-corrected chi connectivity index (χ0v) is 7.80. The lowest BCUT2D eigenvalue weighted by Gasteiger charge is -2.12. The molecule has 0 amide bonds. The van der Waals surface area contributed by atoms with Crippen molar-refractivity contribution < 1.29 is 4.92 Å². The Bertz CT molecular complexity index is 329. The first-order valence-electron chi connectivity index (χ1n) is 4.20. The van der Waals surface area contributed by atoms with E-state index in [4.69, 9.17) is 5.73 Å². The maximum atomic E-state index is 10.6. The maximum absolute atomic E-state index is 10.6. The van der Waals surface area contributed by atoms with Gasteiger partial charge in [0.1, 0.15) is 11.9 Å². The topological polar surface area (TPSA) is 94.1 Å². The van der Waals surface area contributed by atoms with Crippen LogP contribution in [0.4, 0.5) is 11.4 Å². The second-order valence-corrected chi connectivity index (χ2v) is 2.93. The summed E-state index contributed by atoms with van der Waals surface area (Å²) in [5.41, 5.74) is 5.81. The van der Waals surface area contributed by atoms with Gasteiger partial charge >= 0.3 is 5.69 Å². The van der Waals surface area contributed by atoms with Gasteiger partial charge in [0.05, 0.1) is 4.92 Å². The normalized spacial score (nSPS) is 12.1. The van der Waals surface area contributed by atoms with Crippen LogP contribution < -0.4 is 11.1 Å². The molecular formula is C8H12N4O2. The van der Waals surface area contributed by atoms with Crippen molar-refractivity contribution in [1.29, 1.82) is 0 Å². The monoisotopic (exact) mass is 196 g/mol. The summed E-state index contributed by atoms with van der Waals surface area (Å²) in [6.07, 6.45) is 2.71. The molecule has 0 radical (unpaired) electrons. The van der Waals surface area contributed by atoms with Crippen LogP contribution in [0.2, 0.25) is 0 Å². The molecule has 0 fully saturated rings. The van der Waals surface area contributed by atoms with Gasteiger partial charge in [-0.3, -0.25) is 15.1 Å². The molecule has 76 valence electrons. The third-order valence-electron chi connectivity index (χ3n) is 1.75. The van der Waals surface area contributed by atoms with Crippen molar-refractivity contribution in [1.82, 2.24) is 4.98 Å². The highest BCUT2D eigenvalue weighted by molar-refractivity contribution is 5.59. The number of nitrogens with one attached hydrogen (secondary N) is 1. The number of hydrogen-bond acceptors (Lipinski definition) is 5. The predicted octanol–water partition coefficient (Wildman–Crippen LogP) is 0.749. The Hall–Kier alpha value is -1.69. The summed E-state index contributed by atoms with van der Waals surface area (Å²) >= 11 is 0. The molecule has 0 spiro atoms. The van der Waals surface area contributed by atoms with Crippen LogP contribution in [0, 0.1) is 10.1 Å². The Kier molecular flexibility index (Phi) is 3.35. The van der Waals surface area contributed by atoms with E-state index in [1.54, 1.807) is 6.07 Å². The summed E-state index contributed by atoms with van der Waals surface area (Å²) in [6, 6.07) is 1.56. The van der Waals surface area contributed by atoms with E-state index in [2.05, 4.69) is 10.3 Å². The number of nitrogens with two attached hydrogens (primary N) is 1. The van der Waals surface area contributed by atoms with Gasteiger partial charge < -0.3 is 11.1 Å². The molecule has 6 heteroatoms. The van der Waals surface area contributed by atoms with Gasteiger partial charge in [-0.2, -0.15) is 0 Å². The van der Waals surface area contributed by atoms with Crippen LogP contribution in [-0.4, -0.2) is 22.5 Å². The standard InChI is InChI=1S/C8H12N4O2/c1-6(4-9)11-7-2-3-10-5-8(7)12(13)14/h2-3,5-6H,4,9H2,1H3,(H,10,11). The van der Waals surface area contributed by atoms with E-state index in [1.807, 2.05) is 6.92 Å². The van der Waals surface area contributed by atoms with E-state index < -0.39 is 4.92 Å². The fourth-order valence-electron chi connectivity index (χ4n) is 0.978. The minimum absolute atomic E-state index is 0.00361. The number of hydrogen-bond donors (Lipinski definition) is 2. The van der Waals surface area contributed by atoms with E-state index in [0.717, 1.165) is 0 Å². The van der Waals surface area contributed by atoms with E-state index in [1.165, 1.54) is 12.4 Å². The number of pyridine rings is 1. The highest BCUT2D eigenvalue weighted by Crippen LogP contribution is 2.22. The maximum Gasteiger partial charge on any atom is 0.310 e. The molecule has 14 heavy (non-hydrogen) atoms. The molecule has 1 aromatic heterocycles. The molecule has 1 unspecified atom stereocenters. The van der Waals surface area contributed by atoms with Crippen LogP contribution in [0.5, 0.6) is 0 Å². The summed E-state index contributed by atoms with van der Waals surface area (Å²) in [7, 11) is 0. The fourth-order valence-corrected chi connectivity index (χ4v) is 0.978. The van der Waals surface area contributed by atoms with E-state index >= 15 is 0 Å². The molecule has 1 rings (SSSR count). The van der Waals surface area contributed by atoms with E-state index in [9.17, 15) is 10.1 Å². The molecule has 1 aromatic rings. The number of nitro groups is 1. The van der Waals surface area contributed by atoms with E-state index in [0.29, 0.717) is 12.2 Å². The summed E-state index contributed by atoms with van der Waals surface area (Å²) in [5, 5.41) is 13.5. The van der Waals surface area contributed by atoms with Crippen LogP contribution in [0.25, 0.3) is 0 Å². The first-order valence-corrected chi connectivity index (χ1v) is 4.20. The lowest BCUT2D eigenvalue weighted by Crippen LogP contribution is -2.25. The predicted molar refractivity (Wildman–Crippen MR) is 53.0 cm³/mol. The van der Waals surface area contributed by atoms with Gasteiger partial charge in [-0.05, 0) is 13.0 Å². The lowest BCUT2D eigenvalue weighted by atomic mass is 10.3. The molecule has 3 N–H and O–H groups in total. The summed E-state index contributed by atoms with van der Waals surface area (Å²) in [5.74, 6) is 0. The van der Waals surface area contributed by atoms with Gasteiger partial charge in [0.2, 0.25) is 0 Å². The molecule has 1 heterocycles. The molecular weight excluding hydrogens is 184 g/mol. The Morgan fingerprint density at radius 1 is 1.79 bits per heavy atom. The Morgan fingerprint density at radius 3 is 3.07 bits per heavy atom. The van der Waals surface area contributed by atoms with Crippen LogP contribution in [0.1, 0.15) is 6.92 Å². The minimum atomic E-state index is -0.474. The minimum Gasteiger partial charge on any atom is -0.376 e. The van der Waals surface area contributed by atoms with E-state index in [-0.39, 0.29) is 11.7 Å². The van der Waals surface area contributed by atoms with Crippen molar-refractivity contribution in [3.63, 3.8) is 0 Å². The lowest BCUT2D eigenvalue weighted by molar-refractivity contribution is -0.384. The highest BCUT2D eigenvalue weighted by Gasteiger charge is 2.13. The van der Waals surface area contributed by atoms with Crippen molar-refractivity contribution >= 4 is 11.4 Å². The zero-order chi connectivity index (χ0) is 10.6. The van der Waals surface area contributed by atoms with Gasteiger partial charge in [0.25, 0.3) is 0 Å². The second-order valence-electron chi connectivity index (χ2n) is 2.93. The molecule has 0 aliphatic carbocycles. The smallest absolute Gasteiger partial charge is 0.310 e. The van der Waals surface area contributed by atoms with Crippen molar-refractivity contribution in [2.24, 2.45) is 5.73 Å². The van der Waals surface area contributed by atoms with Crippen molar-refractivity contribution in [2.45, 2.75) is 13.0 Å². The summed E-state index contributed by atoms with van der Waals surface area (Å²) < 4.78 is 0. The van der Waals surface area contributed by atoms with Gasteiger partial charge in [-0.1, -0.05) is 0 Å². The number of anilines is 1. The number of rotatable bonds is 4. The molecule has 0 saturated carbocycles. The second kappa shape index (κ2) is 4.52. The molecule has 0 aromatic carbocycles. The first kappa shape index (κ1) is 10.4. The van der Waals surface area contributed by atoms with Crippen molar-refractivity contribution in [2.75, 3.05) is 11.9 Å². The van der Waals surface area contributed by atoms with Crippen LogP contribution in [0.15, 0.2) is 18.5 Å². The SMILES string of the molecule is CC(CN)Nc1ccncc1[N+](=O)[O-]. The van der Waals surface area contributed by atoms with Crippen LogP contribution in [0.3, 0.4) is 0 Å². The van der Waals surface area contributed by atoms with Gasteiger partial charge in [-0.15, -0.1) is 0 Å². The van der Waals surface area contributed by atoms with Crippen LogP contribution in [-0.2, 0) is 0 Å². The molecule has 0 bridgehead atoms. The molecule has 0 aliphatic heterocycles. The summed E-state index contributed by atoms with van der Waals surface area (Å²) in [6.45, 7) is 2.27. The number of aromatic nitrogens is 1.